The number of fused-ring (bicyclic) bond motifs is 1. The van der Waals surface area contributed by atoms with E-state index in [4.69, 9.17) is 0 Å². The second-order valence-corrected chi connectivity index (χ2v) is 6.73. The highest BCUT2D eigenvalue weighted by Gasteiger charge is 2.15. The molecule has 20 heavy (non-hydrogen) atoms. The quantitative estimate of drug-likeness (QED) is 0.514. The minimum atomic E-state index is 0.536. The maximum Gasteiger partial charge on any atom is 0.0345 e. The maximum absolute atomic E-state index is 3.70. The molecule has 0 bridgehead atoms. The molecule has 1 unspecified atom stereocenters. The van der Waals surface area contributed by atoms with Crippen LogP contribution in [0.25, 0.3) is 10.1 Å². The topological polar surface area (TPSA) is 0 Å². The Bertz CT molecular complexity index is 714. The molecule has 102 valence electrons. The van der Waals surface area contributed by atoms with E-state index >= 15 is 0 Å². The molecule has 0 N–H and O–H groups in total. The molecule has 0 aliphatic rings. The van der Waals surface area contributed by atoms with Gasteiger partial charge in [-0.1, -0.05) is 58.4 Å². The van der Waals surface area contributed by atoms with Gasteiger partial charge in [0.15, 0.2) is 0 Å². The molecule has 0 saturated heterocycles. The number of halogens is 1. The number of alkyl halides is 1. The van der Waals surface area contributed by atoms with Crippen LogP contribution in [0.3, 0.4) is 0 Å². The first kappa shape index (κ1) is 13.8. The predicted octanol–water partition coefficient (Wildman–Crippen LogP) is 5.93. The summed E-state index contributed by atoms with van der Waals surface area (Å²) in [5, 5.41) is 4.73. The average Bonchev–Trinajstić information content (AvgIpc) is 2.89. The summed E-state index contributed by atoms with van der Waals surface area (Å²) in [7, 11) is 0. The Balaban J connectivity index is 1.94. The second-order valence-electron chi connectivity index (χ2n) is 5.17. The van der Waals surface area contributed by atoms with Crippen molar-refractivity contribution < 1.29 is 0 Å². The number of thiophene rings is 1. The van der Waals surface area contributed by atoms with Gasteiger partial charge in [0.25, 0.3) is 0 Å². The molecule has 0 aliphatic carbocycles. The largest absolute Gasteiger partial charge is 0.144 e. The van der Waals surface area contributed by atoms with Gasteiger partial charge in [-0.3, -0.25) is 0 Å². The minimum absolute atomic E-state index is 0.536. The summed E-state index contributed by atoms with van der Waals surface area (Å²) in [5.74, 6) is 0.536. The van der Waals surface area contributed by atoms with E-state index in [0.717, 1.165) is 11.8 Å². The van der Waals surface area contributed by atoms with Crippen LogP contribution in [0.5, 0.6) is 0 Å². The Labute approximate surface area is 132 Å². The Morgan fingerprint density at radius 1 is 1.05 bits per heavy atom. The van der Waals surface area contributed by atoms with Gasteiger partial charge in [0.2, 0.25) is 0 Å². The van der Waals surface area contributed by atoms with Gasteiger partial charge in [-0.15, -0.1) is 11.3 Å². The van der Waals surface area contributed by atoms with Crippen LogP contribution < -0.4 is 0 Å². The first-order valence-electron chi connectivity index (χ1n) is 6.86. The van der Waals surface area contributed by atoms with E-state index in [1.165, 1.54) is 26.8 Å². The molecule has 2 heteroatoms. The van der Waals surface area contributed by atoms with Gasteiger partial charge in [0, 0.05) is 10.0 Å². The average molecular weight is 345 g/mol. The SMILES string of the molecule is Cc1ccccc1C(CBr)Cc1csc2ccccc12. The number of aryl methyl sites for hydroxylation is 1. The number of benzene rings is 2. The predicted molar refractivity (Wildman–Crippen MR) is 93.2 cm³/mol. The van der Waals surface area contributed by atoms with E-state index < -0.39 is 0 Å². The van der Waals surface area contributed by atoms with Crippen LogP contribution in [0.1, 0.15) is 22.6 Å². The van der Waals surface area contributed by atoms with Crippen LogP contribution in [0.4, 0.5) is 0 Å². The lowest BCUT2D eigenvalue weighted by Crippen LogP contribution is -2.06. The highest BCUT2D eigenvalue weighted by atomic mass is 79.9. The van der Waals surface area contributed by atoms with Gasteiger partial charge in [-0.05, 0) is 52.8 Å². The molecule has 1 aromatic heterocycles. The van der Waals surface area contributed by atoms with Gasteiger partial charge in [-0.2, -0.15) is 0 Å². The van der Waals surface area contributed by atoms with Gasteiger partial charge in [-0.25, -0.2) is 0 Å². The fraction of sp³-hybridized carbons (Fsp3) is 0.222. The summed E-state index contributed by atoms with van der Waals surface area (Å²) in [5.41, 5.74) is 4.31. The normalized spacial score (nSPS) is 12.7. The van der Waals surface area contributed by atoms with E-state index in [-0.39, 0.29) is 0 Å². The first-order chi connectivity index (χ1) is 9.79. The van der Waals surface area contributed by atoms with E-state index in [0.29, 0.717) is 5.92 Å². The Morgan fingerprint density at radius 2 is 1.80 bits per heavy atom. The van der Waals surface area contributed by atoms with Crippen molar-refractivity contribution in [2.24, 2.45) is 0 Å². The van der Waals surface area contributed by atoms with Crippen molar-refractivity contribution in [3.05, 3.63) is 70.6 Å². The lowest BCUT2D eigenvalue weighted by atomic mass is 9.90. The molecule has 0 saturated carbocycles. The molecular formula is C18H17BrS. The third-order valence-corrected chi connectivity index (χ3v) is 5.64. The summed E-state index contributed by atoms with van der Waals surface area (Å²) in [6.07, 6.45) is 1.10. The molecule has 0 aliphatic heterocycles. The van der Waals surface area contributed by atoms with Crippen LogP contribution in [0, 0.1) is 6.92 Å². The lowest BCUT2D eigenvalue weighted by Gasteiger charge is -2.16. The van der Waals surface area contributed by atoms with Crippen LogP contribution in [0.15, 0.2) is 53.9 Å². The maximum atomic E-state index is 3.70. The standard InChI is InChI=1S/C18H17BrS/c1-13-6-2-3-7-16(13)14(11-19)10-15-12-20-18-9-5-4-8-17(15)18/h2-9,12,14H,10-11H2,1H3. The molecule has 0 nitrogen and oxygen atoms in total. The van der Waals surface area contributed by atoms with Crippen LogP contribution >= 0.6 is 27.3 Å². The Hall–Kier alpha value is -1.12. The highest BCUT2D eigenvalue weighted by Crippen LogP contribution is 2.32. The van der Waals surface area contributed by atoms with Crippen molar-refractivity contribution in [3.63, 3.8) is 0 Å². The van der Waals surface area contributed by atoms with Crippen LogP contribution in [-0.4, -0.2) is 5.33 Å². The van der Waals surface area contributed by atoms with E-state index in [1.807, 2.05) is 11.3 Å². The number of hydrogen-bond donors (Lipinski definition) is 0. The van der Waals surface area contributed by atoms with Gasteiger partial charge in [0.1, 0.15) is 0 Å². The fourth-order valence-electron chi connectivity index (χ4n) is 2.75. The smallest absolute Gasteiger partial charge is 0.0345 e. The Kier molecular flexibility index (Phi) is 4.23. The zero-order valence-corrected chi connectivity index (χ0v) is 13.9. The van der Waals surface area contributed by atoms with Gasteiger partial charge < -0.3 is 0 Å². The molecule has 3 rings (SSSR count). The zero-order valence-electron chi connectivity index (χ0n) is 11.5. The van der Waals surface area contributed by atoms with Crippen LogP contribution in [-0.2, 0) is 6.42 Å². The fourth-order valence-corrected chi connectivity index (χ4v) is 4.30. The molecule has 0 spiro atoms. The highest BCUT2D eigenvalue weighted by molar-refractivity contribution is 9.09. The van der Waals surface area contributed by atoms with E-state index in [1.54, 1.807) is 0 Å². The van der Waals surface area contributed by atoms with Gasteiger partial charge >= 0.3 is 0 Å². The van der Waals surface area contributed by atoms with Crippen molar-refractivity contribution in [3.8, 4) is 0 Å². The molecular weight excluding hydrogens is 328 g/mol. The monoisotopic (exact) mass is 344 g/mol. The van der Waals surface area contributed by atoms with Crippen molar-refractivity contribution in [1.29, 1.82) is 0 Å². The molecule has 1 heterocycles. The number of rotatable bonds is 4. The van der Waals surface area contributed by atoms with Crippen molar-refractivity contribution in [2.75, 3.05) is 5.33 Å². The van der Waals surface area contributed by atoms with Gasteiger partial charge in [0.05, 0.1) is 0 Å². The summed E-state index contributed by atoms with van der Waals surface area (Å²) in [6.45, 7) is 2.21. The van der Waals surface area contributed by atoms with Crippen molar-refractivity contribution in [2.45, 2.75) is 19.3 Å². The van der Waals surface area contributed by atoms with E-state index in [9.17, 15) is 0 Å². The molecule has 0 radical (unpaired) electrons. The Morgan fingerprint density at radius 3 is 2.60 bits per heavy atom. The molecule has 0 fully saturated rings. The molecule has 1 atom stereocenters. The summed E-state index contributed by atoms with van der Waals surface area (Å²) in [4.78, 5) is 0. The molecule has 2 aromatic carbocycles. The van der Waals surface area contributed by atoms with E-state index in [2.05, 4.69) is 76.8 Å². The van der Waals surface area contributed by atoms with Crippen LogP contribution in [0.2, 0.25) is 0 Å². The summed E-state index contributed by atoms with van der Waals surface area (Å²) in [6, 6.07) is 17.4. The van der Waals surface area contributed by atoms with Crippen molar-refractivity contribution in [1.82, 2.24) is 0 Å². The summed E-state index contributed by atoms with van der Waals surface area (Å²) < 4.78 is 1.39. The second kappa shape index (κ2) is 6.11. The summed E-state index contributed by atoms with van der Waals surface area (Å²) >= 11 is 5.55. The number of hydrogen-bond acceptors (Lipinski definition) is 1. The zero-order chi connectivity index (χ0) is 13.9. The van der Waals surface area contributed by atoms with Crippen molar-refractivity contribution >= 4 is 37.4 Å². The lowest BCUT2D eigenvalue weighted by molar-refractivity contribution is 0.775. The molecule has 3 aromatic rings. The molecule has 0 amide bonds. The first-order valence-corrected chi connectivity index (χ1v) is 8.86. The third-order valence-electron chi connectivity index (χ3n) is 3.84. The third kappa shape index (κ3) is 2.68. The minimum Gasteiger partial charge on any atom is -0.144 e.